The summed E-state index contributed by atoms with van der Waals surface area (Å²) in [5.74, 6) is 0.605. The van der Waals surface area contributed by atoms with Crippen LogP contribution in [0.4, 0.5) is 5.69 Å². The van der Waals surface area contributed by atoms with E-state index in [9.17, 15) is 9.59 Å². The van der Waals surface area contributed by atoms with Crippen molar-refractivity contribution in [1.82, 2.24) is 29.3 Å². The number of imidazole rings is 1. The maximum absolute atomic E-state index is 12.9. The molecule has 0 bridgehead atoms. The van der Waals surface area contributed by atoms with Gasteiger partial charge in [-0.25, -0.2) is 9.48 Å². The molecular formula is C23H25N7O2. The first-order valence-corrected chi connectivity index (χ1v) is 11.0. The number of hydrogen-bond donors (Lipinski definition) is 1. The molecule has 2 heterocycles. The Labute approximate surface area is 184 Å². The van der Waals surface area contributed by atoms with Gasteiger partial charge in [0.05, 0.1) is 17.1 Å². The number of amides is 1. The fraction of sp³-hybridized carbons (Fsp3) is 0.348. The lowest BCUT2D eigenvalue weighted by molar-refractivity contribution is -0.116. The van der Waals surface area contributed by atoms with Crippen molar-refractivity contribution in [2.24, 2.45) is 0 Å². The molecule has 0 radical (unpaired) electrons. The Morgan fingerprint density at radius 1 is 1.03 bits per heavy atom. The number of aryl methyl sites for hydroxylation is 2. The molecule has 4 aromatic rings. The molecule has 32 heavy (non-hydrogen) atoms. The van der Waals surface area contributed by atoms with Crippen LogP contribution in [-0.4, -0.2) is 35.2 Å². The first kappa shape index (κ1) is 20.2. The molecule has 0 aliphatic heterocycles. The minimum atomic E-state index is -0.139. The number of anilines is 1. The van der Waals surface area contributed by atoms with E-state index < -0.39 is 0 Å². The molecule has 0 unspecified atom stereocenters. The molecular weight excluding hydrogens is 406 g/mol. The summed E-state index contributed by atoms with van der Waals surface area (Å²) in [6.45, 7) is 3.04. The summed E-state index contributed by atoms with van der Waals surface area (Å²) in [5.41, 5.74) is 3.30. The van der Waals surface area contributed by atoms with Gasteiger partial charge in [0.2, 0.25) is 5.91 Å². The Hall–Kier alpha value is -3.75. The lowest BCUT2D eigenvalue weighted by atomic mass is 10.2. The van der Waals surface area contributed by atoms with Crippen LogP contribution >= 0.6 is 0 Å². The highest BCUT2D eigenvalue weighted by molar-refractivity contribution is 5.91. The average Bonchev–Trinajstić information content (AvgIpc) is 3.47. The maximum Gasteiger partial charge on any atom is 0.329 e. The van der Waals surface area contributed by atoms with E-state index in [-0.39, 0.29) is 18.0 Å². The van der Waals surface area contributed by atoms with Crippen LogP contribution in [0.5, 0.6) is 0 Å². The minimum absolute atomic E-state index is 0.0708. The van der Waals surface area contributed by atoms with E-state index >= 15 is 0 Å². The highest BCUT2D eigenvalue weighted by atomic mass is 16.2. The van der Waals surface area contributed by atoms with E-state index in [4.69, 9.17) is 0 Å². The van der Waals surface area contributed by atoms with Gasteiger partial charge in [-0.15, -0.1) is 5.10 Å². The van der Waals surface area contributed by atoms with Crippen molar-refractivity contribution in [2.75, 3.05) is 5.32 Å². The first-order valence-electron chi connectivity index (χ1n) is 11.0. The van der Waals surface area contributed by atoms with Crippen molar-refractivity contribution in [3.63, 3.8) is 0 Å². The number of tetrazole rings is 1. The van der Waals surface area contributed by atoms with E-state index in [1.165, 1.54) is 0 Å². The molecule has 5 rings (SSSR count). The van der Waals surface area contributed by atoms with Crippen molar-refractivity contribution in [3.05, 3.63) is 59.0 Å². The molecule has 1 aliphatic rings. The number of para-hydroxylation sites is 2. The molecule has 1 N–H and O–H groups in total. The van der Waals surface area contributed by atoms with Gasteiger partial charge in [-0.1, -0.05) is 19.1 Å². The second kappa shape index (κ2) is 8.41. The van der Waals surface area contributed by atoms with Crippen LogP contribution in [0.2, 0.25) is 0 Å². The summed E-state index contributed by atoms with van der Waals surface area (Å²) in [6.07, 6.45) is 3.29. The smallest absolute Gasteiger partial charge is 0.326 e. The normalized spacial score (nSPS) is 13.5. The standard InChI is InChI=1S/C23H25N7O2/c1-2-14-28-19-5-3-4-6-20(19)29(23(28)32)15-13-21(31)24-17-9-7-16(8-10-17)22-25-26-27-30(22)18-11-12-18/h3-10,18H,2,11-15H2,1H3,(H,24,31). The number of aromatic nitrogens is 6. The van der Waals surface area contributed by atoms with Gasteiger partial charge in [-0.3, -0.25) is 13.9 Å². The zero-order chi connectivity index (χ0) is 22.1. The Balaban J connectivity index is 1.26. The van der Waals surface area contributed by atoms with Gasteiger partial charge < -0.3 is 5.32 Å². The number of carbonyl (C=O) groups excluding carboxylic acids is 1. The Kier molecular flexibility index (Phi) is 5.30. The lowest BCUT2D eigenvalue weighted by Gasteiger charge is -2.08. The Morgan fingerprint density at radius 3 is 2.38 bits per heavy atom. The summed E-state index contributed by atoms with van der Waals surface area (Å²) in [6, 6.07) is 15.6. The van der Waals surface area contributed by atoms with Crippen molar-refractivity contribution in [1.29, 1.82) is 0 Å². The van der Waals surface area contributed by atoms with Crippen LogP contribution in [-0.2, 0) is 17.9 Å². The first-order chi connectivity index (χ1) is 15.7. The van der Waals surface area contributed by atoms with Crippen LogP contribution in [0.3, 0.4) is 0 Å². The zero-order valence-electron chi connectivity index (χ0n) is 17.9. The quantitative estimate of drug-likeness (QED) is 0.462. The van der Waals surface area contributed by atoms with E-state index in [0.717, 1.165) is 41.7 Å². The van der Waals surface area contributed by atoms with Crippen molar-refractivity contribution < 1.29 is 4.79 Å². The third-order valence-corrected chi connectivity index (χ3v) is 5.75. The summed E-state index contributed by atoms with van der Waals surface area (Å²) in [5, 5.41) is 14.9. The highest BCUT2D eigenvalue weighted by Gasteiger charge is 2.28. The molecule has 9 heteroatoms. The summed E-state index contributed by atoms with van der Waals surface area (Å²) in [4.78, 5) is 25.4. The number of nitrogens with zero attached hydrogens (tertiary/aromatic N) is 6. The molecule has 2 aromatic heterocycles. The number of benzene rings is 2. The Bertz CT molecular complexity index is 1310. The third kappa shape index (κ3) is 3.81. The van der Waals surface area contributed by atoms with Crippen LogP contribution in [0.15, 0.2) is 53.3 Å². The number of rotatable bonds is 8. The Morgan fingerprint density at radius 2 is 1.72 bits per heavy atom. The maximum atomic E-state index is 12.9. The fourth-order valence-corrected chi connectivity index (χ4v) is 4.02. The highest BCUT2D eigenvalue weighted by Crippen LogP contribution is 2.36. The minimum Gasteiger partial charge on any atom is -0.326 e. The van der Waals surface area contributed by atoms with Crippen LogP contribution in [0.1, 0.15) is 38.6 Å². The molecule has 0 atom stereocenters. The van der Waals surface area contributed by atoms with Crippen molar-refractivity contribution in [2.45, 2.75) is 51.7 Å². The molecule has 0 spiro atoms. The van der Waals surface area contributed by atoms with E-state index in [0.29, 0.717) is 24.8 Å². The molecule has 164 valence electrons. The van der Waals surface area contributed by atoms with Gasteiger partial charge in [0.25, 0.3) is 0 Å². The summed E-state index contributed by atoms with van der Waals surface area (Å²) >= 11 is 0. The number of nitrogens with one attached hydrogen (secondary N) is 1. The second-order valence-electron chi connectivity index (χ2n) is 8.13. The van der Waals surface area contributed by atoms with Crippen LogP contribution in [0.25, 0.3) is 22.4 Å². The van der Waals surface area contributed by atoms with E-state index in [1.807, 2.05) is 60.1 Å². The molecule has 1 fully saturated rings. The molecule has 9 nitrogen and oxygen atoms in total. The van der Waals surface area contributed by atoms with Gasteiger partial charge in [0.15, 0.2) is 5.82 Å². The molecule has 1 amide bonds. The molecule has 1 aliphatic carbocycles. The van der Waals surface area contributed by atoms with Crippen molar-refractivity contribution >= 4 is 22.6 Å². The van der Waals surface area contributed by atoms with Gasteiger partial charge in [-0.2, -0.15) is 0 Å². The number of carbonyl (C=O) groups is 1. The average molecular weight is 432 g/mol. The van der Waals surface area contributed by atoms with Crippen LogP contribution < -0.4 is 11.0 Å². The molecule has 0 saturated heterocycles. The summed E-state index contributed by atoms with van der Waals surface area (Å²) in [7, 11) is 0. The van der Waals surface area contributed by atoms with Gasteiger partial charge in [0.1, 0.15) is 0 Å². The second-order valence-corrected chi connectivity index (χ2v) is 8.13. The van der Waals surface area contributed by atoms with Gasteiger partial charge >= 0.3 is 5.69 Å². The summed E-state index contributed by atoms with van der Waals surface area (Å²) < 4.78 is 5.33. The fourth-order valence-electron chi connectivity index (χ4n) is 4.02. The van der Waals surface area contributed by atoms with E-state index in [2.05, 4.69) is 20.8 Å². The largest absolute Gasteiger partial charge is 0.329 e. The SMILES string of the molecule is CCCn1c(=O)n(CCC(=O)Nc2ccc(-c3nnnn3C3CC3)cc2)c2ccccc21. The van der Waals surface area contributed by atoms with Gasteiger partial charge in [-0.05, 0) is 66.1 Å². The monoisotopic (exact) mass is 431 g/mol. The molecule has 1 saturated carbocycles. The van der Waals surface area contributed by atoms with Crippen molar-refractivity contribution in [3.8, 4) is 11.4 Å². The van der Waals surface area contributed by atoms with E-state index in [1.54, 1.807) is 9.13 Å². The number of hydrogen-bond acceptors (Lipinski definition) is 5. The zero-order valence-corrected chi connectivity index (χ0v) is 17.9. The number of fused-ring (bicyclic) bond motifs is 1. The lowest BCUT2D eigenvalue weighted by Crippen LogP contribution is -2.26. The third-order valence-electron chi connectivity index (χ3n) is 5.75. The molecule has 2 aromatic carbocycles. The topological polar surface area (TPSA) is 99.6 Å². The van der Waals surface area contributed by atoms with Crippen LogP contribution in [0, 0.1) is 0 Å². The predicted molar refractivity (Wildman–Crippen MR) is 121 cm³/mol. The van der Waals surface area contributed by atoms with Gasteiger partial charge in [0, 0.05) is 30.8 Å². The predicted octanol–water partition coefficient (Wildman–Crippen LogP) is 3.23.